The Morgan fingerprint density at radius 1 is 1.07 bits per heavy atom. The van der Waals surface area contributed by atoms with Crippen LogP contribution in [0.3, 0.4) is 0 Å². The highest BCUT2D eigenvalue weighted by Gasteiger charge is 2.17. The Balaban J connectivity index is 1.68. The molecule has 0 unspecified atom stereocenters. The Labute approximate surface area is 166 Å². The van der Waals surface area contributed by atoms with Gasteiger partial charge in [0.25, 0.3) is 0 Å². The summed E-state index contributed by atoms with van der Waals surface area (Å²) >= 11 is 0. The van der Waals surface area contributed by atoms with Crippen LogP contribution in [0.15, 0.2) is 51.9 Å². The van der Waals surface area contributed by atoms with Crippen LogP contribution in [-0.2, 0) is 9.53 Å². The van der Waals surface area contributed by atoms with Crippen molar-refractivity contribution >= 4 is 16.9 Å². The van der Waals surface area contributed by atoms with Gasteiger partial charge in [0.2, 0.25) is 0 Å². The molecule has 1 aromatic heterocycles. The van der Waals surface area contributed by atoms with Gasteiger partial charge in [0.1, 0.15) is 17.6 Å². The van der Waals surface area contributed by atoms with Crippen LogP contribution in [0.1, 0.15) is 13.3 Å². The summed E-state index contributed by atoms with van der Waals surface area (Å²) in [5.41, 5.74) is 1.30. The minimum atomic E-state index is -0.773. The summed E-state index contributed by atoms with van der Waals surface area (Å²) in [5, 5.41) is 0.410. The van der Waals surface area contributed by atoms with E-state index in [9.17, 15) is 9.59 Å². The zero-order valence-corrected chi connectivity index (χ0v) is 16.1. The average Bonchev–Trinajstić information content (AvgIpc) is 2.98. The van der Waals surface area contributed by atoms with E-state index in [1.165, 1.54) is 13.4 Å². The van der Waals surface area contributed by atoms with Gasteiger partial charge < -0.3 is 23.4 Å². The number of esters is 1. The smallest absolute Gasteiger partial charge is 0.346 e. The lowest BCUT2D eigenvalue weighted by atomic mass is 10.0. The van der Waals surface area contributed by atoms with Gasteiger partial charge in [0.15, 0.2) is 23.0 Å². The first-order valence-corrected chi connectivity index (χ1v) is 9.27. The Morgan fingerprint density at radius 3 is 2.66 bits per heavy atom. The number of fused-ring (bicyclic) bond motifs is 2. The summed E-state index contributed by atoms with van der Waals surface area (Å²) in [6.45, 7) is 2.75. The molecule has 1 aliphatic heterocycles. The van der Waals surface area contributed by atoms with E-state index in [1.54, 1.807) is 43.3 Å². The summed E-state index contributed by atoms with van der Waals surface area (Å²) < 4.78 is 27.2. The zero-order valence-electron chi connectivity index (χ0n) is 16.1. The first-order valence-electron chi connectivity index (χ1n) is 9.27. The standard InChI is InChI=1S/C22H20O7/c1-13(22(24)25-2)29-15-5-6-16-19(11-15)28-12-17(21(16)23)14-4-7-18-20(10-14)27-9-3-8-26-18/h4-7,10-13H,3,8-9H2,1-2H3/t13-/m0/s1. The second kappa shape index (κ2) is 7.87. The molecule has 1 aliphatic rings. The van der Waals surface area contributed by atoms with E-state index in [2.05, 4.69) is 4.74 Å². The molecule has 0 aliphatic carbocycles. The fourth-order valence-electron chi connectivity index (χ4n) is 3.13. The molecule has 0 N–H and O–H groups in total. The first-order chi connectivity index (χ1) is 14.1. The first kappa shape index (κ1) is 18.9. The number of benzene rings is 2. The van der Waals surface area contributed by atoms with Crippen LogP contribution in [0.2, 0.25) is 0 Å². The molecule has 3 aromatic rings. The van der Waals surface area contributed by atoms with Gasteiger partial charge in [-0.25, -0.2) is 4.79 Å². The maximum Gasteiger partial charge on any atom is 0.346 e. The average molecular weight is 396 g/mol. The van der Waals surface area contributed by atoms with Crippen molar-refractivity contribution in [2.75, 3.05) is 20.3 Å². The molecule has 0 spiro atoms. The topological polar surface area (TPSA) is 84.2 Å². The number of ether oxygens (including phenoxy) is 4. The lowest BCUT2D eigenvalue weighted by Crippen LogP contribution is -2.24. The molecule has 2 aromatic carbocycles. The minimum Gasteiger partial charge on any atom is -0.490 e. The van der Waals surface area contributed by atoms with Gasteiger partial charge in [-0.05, 0) is 36.8 Å². The molecule has 0 radical (unpaired) electrons. The van der Waals surface area contributed by atoms with Crippen molar-refractivity contribution in [3.05, 3.63) is 52.9 Å². The number of carbonyl (C=O) groups is 1. The summed E-state index contributed by atoms with van der Waals surface area (Å²) in [6.07, 6.45) is 1.45. The van der Waals surface area contributed by atoms with Crippen LogP contribution in [0, 0.1) is 0 Å². The van der Waals surface area contributed by atoms with Crippen molar-refractivity contribution in [3.8, 4) is 28.4 Å². The third-order valence-corrected chi connectivity index (χ3v) is 4.65. The molecule has 7 heteroatoms. The van der Waals surface area contributed by atoms with Crippen LogP contribution < -0.4 is 19.6 Å². The third-order valence-electron chi connectivity index (χ3n) is 4.65. The molecule has 0 amide bonds. The molecular formula is C22H20O7. The summed E-state index contributed by atoms with van der Waals surface area (Å²) in [7, 11) is 1.29. The zero-order chi connectivity index (χ0) is 20.4. The fraction of sp³-hybridized carbons (Fsp3) is 0.273. The van der Waals surface area contributed by atoms with E-state index in [0.29, 0.717) is 52.6 Å². The highest BCUT2D eigenvalue weighted by atomic mass is 16.6. The van der Waals surface area contributed by atoms with Gasteiger partial charge in [-0.3, -0.25) is 4.79 Å². The van der Waals surface area contributed by atoms with Crippen LogP contribution in [0.5, 0.6) is 17.2 Å². The molecular weight excluding hydrogens is 376 g/mol. The highest BCUT2D eigenvalue weighted by molar-refractivity contribution is 5.83. The van der Waals surface area contributed by atoms with E-state index < -0.39 is 12.1 Å². The normalized spacial score (nSPS) is 14.1. The van der Waals surface area contributed by atoms with Gasteiger partial charge in [-0.1, -0.05) is 6.07 Å². The molecule has 7 nitrogen and oxygen atoms in total. The predicted octanol–water partition coefficient (Wildman–Crippen LogP) is 3.56. The van der Waals surface area contributed by atoms with Crippen LogP contribution in [0.25, 0.3) is 22.1 Å². The third kappa shape index (κ3) is 3.76. The highest BCUT2D eigenvalue weighted by Crippen LogP contribution is 2.34. The molecule has 0 saturated carbocycles. The van der Waals surface area contributed by atoms with E-state index in [-0.39, 0.29) is 5.43 Å². The number of carbonyl (C=O) groups excluding carboxylic acids is 1. The molecule has 0 bridgehead atoms. The van der Waals surface area contributed by atoms with Crippen LogP contribution in [0.4, 0.5) is 0 Å². The molecule has 1 atom stereocenters. The SMILES string of the molecule is COC(=O)[C@H](C)Oc1ccc2c(=O)c(-c3ccc4c(c3)OCCCO4)coc2c1. The molecule has 29 heavy (non-hydrogen) atoms. The van der Waals surface area contributed by atoms with Crippen molar-refractivity contribution in [3.63, 3.8) is 0 Å². The van der Waals surface area contributed by atoms with E-state index >= 15 is 0 Å². The molecule has 150 valence electrons. The molecule has 0 fully saturated rings. The van der Waals surface area contributed by atoms with Gasteiger partial charge >= 0.3 is 5.97 Å². The second-order valence-electron chi connectivity index (χ2n) is 6.63. The van der Waals surface area contributed by atoms with Crippen LogP contribution in [-0.4, -0.2) is 32.4 Å². The van der Waals surface area contributed by atoms with Gasteiger partial charge in [-0.2, -0.15) is 0 Å². The Morgan fingerprint density at radius 2 is 1.86 bits per heavy atom. The summed E-state index contributed by atoms with van der Waals surface area (Å²) in [6, 6.07) is 10.2. The quantitative estimate of drug-likeness (QED) is 0.624. The largest absolute Gasteiger partial charge is 0.490 e. The number of methoxy groups -OCH3 is 1. The second-order valence-corrected chi connectivity index (χ2v) is 6.63. The number of rotatable bonds is 4. The Hall–Kier alpha value is -3.48. The lowest BCUT2D eigenvalue weighted by molar-refractivity contribution is -0.147. The van der Waals surface area contributed by atoms with Crippen molar-refractivity contribution < 1.29 is 28.2 Å². The van der Waals surface area contributed by atoms with Gasteiger partial charge in [-0.15, -0.1) is 0 Å². The summed E-state index contributed by atoms with van der Waals surface area (Å²) in [5.74, 6) is 1.19. The van der Waals surface area contributed by atoms with Crippen LogP contribution >= 0.6 is 0 Å². The van der Waals surface area contributed by atoms with E-state index in [4.69, 9.17) is 18.6 Å². The summed E-state index contributed by atoms with van der Waals surface area (Å²) in [4.78, 5) is 24.5. The van der Waals surface area contributed by atoms with Crippen molar-refractivity contribution in [1.82, 2.24) is 0 Å². The minimum absolute atomic E-state index is 0.173. The lowest BCUT2D eigenvalue weighted by Gasteiger charge is -2.13. The Bertz CT molecular complexity index is 1120. The fourth-order valence-corrected chi connectivity index (χ4v) is 3.13. The van der Waals surface area contributed by atoms with E-state index in [0.717, 1.165) is 6.42 Å². The number of hydrogen-bond acceptors (Lipinski definition) is 7. The van der Waals surface area contributed by atoms with Crippen molar-refractivity contribution in [2.45, 2.75) is 19.4 Å². The van der Waals surface area contributed by atoms with Gasteiger partial charge in [0.05, 0.1) is 31.3 Å². The van der Waals surface area contributed by atoms with Gasteiger partial charge in [0, 0.05) is 12.5 Å². The molecule has 2 heterocycles. The molecule has 4 rings (SSSR count). The Kier molecular flexibility index (Phi) is 5.12. The van der Waals surface area contributed by atoms with Crippen molar-refractivity contribution in [1.29, 1.82) is 0 Å². The monoisotopic (exact) mass is 396 g/mol. The maximum absolute atomic E-state index is 13.0. The van der Waals surface area contributed by atoms with Crippen molar-refractivity contribution in [2.24, 2.45) is 0 Å². The maximum atomic E-state index is 13.0. The number of hydrogen-bond donors (Lipinski definition) is 0. The van der Waals surface area contributed by atoms with E-state index in [1.807, 2.05) is 0 Å². The predicted molar refractivity (Wildman–Crippen MR) is 106 cm³/mol. The molecule has 0 saturated heterocycles.